The smallest absolute Gasteiger partial charge is 0.261 e. The first-order valence-electron chi connectivity index (χ1n) is 10.2. The summed E-state index contributed by atoms with van der Waals surface area (Å²) in [7, 11) is 1.46. The molecule has 1 amide bonds. The average molecular weight is 422 g/mol. The van der Waals surface area contributed by atoms with Crippen LogP contribution in [0.3, 0.4) is 0 Å². The molecule has 0 aromatic heterocycles. The molecule has 0 atom stereocenters. The molecule has 5 heteroatoms. The highest BCUT2D eigenvalue weighted by atomic mass is 19.1. The number of hydrogen-bond acceptors (Lipinski definition) is 3. The lowest BCUT2D eigenvalue weighted by Crippen LogP contribution is -2.38. The molecule has 31 heavy (non-hydrogen) atoms. The zero-order valence-electron chi connectivity index (χ0n) is 18.4. The van der Waals surface area contributed by atoms with E-state index >= 15 is 0 Å². The Hall–Kier alpha value is -3.34. The first-order valence-corrected chi connectivity index (χ1v) is 10.2. The lowest BCUT2D eigenvalue weighted by Gasteiger charge is -2.30. The van der Waals surface area contributed by atoms with Crippen molar-refractivity contribution in [3.63, 3.8) is 0 Å². The molecule has 0 aliphatic carbocycles. The summed E-state index contributed by atoms with van der Waals surface area (Å²) in [5, 5.41) is 0. The van der Waals surface area contributed by atoms with Gasteiger partial charge >= 0.3 is 0 Å². The van der Waals surface area contributed by atoms with Crippen molar-refractivity contribution >= 4 is 11.6 Å². The van der Waals surface area contributed by atoms with Crippen LogP contribution in [0.1, 0.15) is 36.7 Å². The first-order chi connectivity index (χ1) is 14.8. The highest BCUT2D eigenvalue weighted by Gasteiger charge is 2.26. The summed E-state index contributed by atoms with van der Waals surface area (Å²) in [5.41, 5.74) is 1.59. The molecule has 0 aliphatic rings. The third-order valence-corrected chi connectivity index (χ3v) is 4.68. The number of rotatable bonds is 7. The number of methoxy groups -OCH3 is 1. The molecule has 0 spiro atoms. The first kappa shape index (κ1) is 22.3. The lowest BCUT2D eigenvalue weighted by atomic mass is 9.95. The number of hydrogen-bond donors (Lipinski definition) is 0. The van der Waals surface area contributed by atoms with Crippen molar-refractivity contribution in [3.05, 3.63) is 89.7 Å². The SMILES string of the molecule is COc1ccc(C(=O)N(CC(C)(C)C)c2ccc(OCc3ccccc3)cc2)c(F)c1. The summed E-state index contributed by atoms with van der Waals surface area (Å²) in [5.74, 6) is 0.0711. The minimum absolute atomic E-state index is 0.00875. The van der Waals surface area contributed by atoms with Crippen molar-refractivity contribution in [2.75, 3.05) is 18.6 Å². The second kappa shape index (κ2) is 9.65. The molecule has 0 fully saturated rings. The molecular weight excluding hydrogens is 393 g/mol. The van der Waals surface area contributed by atoms with Crippen molar-refractivity contribution in [1.82, 2.24) is 0 Å². The normalized spacial score (nSPS) is 11.1. The number of nitrogens with zero attached hydrogens (tertiary/aromatic N) is 1. The van der Waals surface area contributed by atoms with Gasteiger partial charge in [0.25, 0.3) is 5.91 Å². The standard InChI is InChI=1S/C26H28FNO3/c1-26(2,3)18-28(25(29)23-15-14-22(30-4)16-24(23)27)20-10-12-21(13-11-20)31-17-19-8-6-5-7-9-19/h5-16H,17-18H2,1-4H3. The van der Waals surface area contributed by atoms with Crippen LogP contribution in [0.4, 0.5) is 10.1 Å². The Balaban J connectivity index is 1.82. The van der Waals surface area contributed by atoms with Gasteiger partial charge in [-0.15, -0.1) is 0 Å². The Morgan fingerprint density at radius 1 is 0.935 bits per heavy atom. The number of amides is 1. The molecule has 3 rings (SSSR count). The van der Waals surface area contributed by atoms with Gasteiger partial charge in [0, 0.05) is 18.3 Å². The lowest BCUT2D eigenvalue weighted by molar-refractivity contribution is 0.0973. The second-order valence-corrected chi connectivity index (χ2v) is 8.57. The minimum atomic E-state index is -0.605. The molecule has 0 N–H and O–H groups in total. The number of benzene rings is 3. The Labute approximate surface area is 183 Å². The minimum Gasteiger partial charge on any atom is -0.497 e. The van der Waals surface area contributed by atoms with Crippen LogP contribution in [0.15, 0.2) is 72.8 Å². The van der Waals surface area contributed by atoms with E-state index in [1.807, 2.05) is 75.4 Å². The summed E-state index contributed by atoms with van der Waals surface area (Å²) in [6.45, 7) is 7.00. The summed E-state index contributed by atoms with van der Waals surface area (Å²) >= 11 is 0. The van der Waals surface area contributed by atoms with Gasteiger partial charge < -0.3 is 14.4 Å². The molecule has 0 bridgehead atoms. The highest BCUT2D eigenvalue weighted by Crippen LogP contribution is 2.27. The molecule has 3 aromatic carbocycles. The van der Waals surface area contributed by atoms with Crippen LogP contribution in [0, 0.1) is 11.2 Å². The predicted molar refractivity (Wildman–Crippen MR) is 121 cm³/mol. The van der Waals surface area contributed by atoms with E-state index in [0.29, 0.717) is 30.3 Å². The number of anilines is 1. The van der Waals surface area contributed by atoms with Crippen LogP contribution < -0.4 is 14.4 Å². The maximum atomic E-state index is 14.6. The van der Waals surface area contributed by atoms with Crippen molar-refractivity contribution in [3.8, 4) is 11.5 Å². The predicted octanol–water partition coefficient (Wildman–Crippen LogP) is 6.11. The molecule has 0 saturated carbocycles. The molecule has 0 heterocycles. The van der Waals surface area contributed by atoms with E-state index in [-0.39, 0.29) is 11.0 Å². The van der Waals surface area contributed by atoms with Crippen molar-refractivity contribution in [1.29, 1.82) is 0 Å². The van der Waals surface area contributed by atoms with Crippen LogP contribution in [-0.4, -0.2) is 19.6 Å². The monoisotopic (exact) mass is 421 g/mol. The Bertz CT molecular complexity index is 1010. The van der Waals surface area contributed by atoms with E-state index in [2.05, 4.69) is 0 Å². The second-order valence-electron chi connectivity index (χ2n) is 8.57. The summed E-state index contributed by atoms with van der Waals surface area (Å²) in [6, 6.07) is 21.5. The summed E-state index contributed by atoms with van der Waals surface area (Å²) in [4.78, 5) is 14.9. The van der Waals surface area contributed by atoms with Gasteiger partial charge in [-0.05, 0) is 47.4 Å². The van der Waals surface area contributed by atoms with Crippen LogP contribution in [0.5, 0.6) is 11.5 Å². The van der Waals surface area contributed by atoms with Gasteiger partial charge in [-0.1, -0.05) is 51.1 Å². The topological polar surface area (TPSA) is 38.8 Å². The van der Waals surface area contributed by atoms with Crippen LogP contribution in [0.25, 0.3) is 0 Å². The Morgan fingerprint density at radius 3 is 2.16 bits per heavy atom. The van der Waals surface area contributed by atoms with E-state index in [1.54, 1.807) is 11.0 Å². The van der Waals surface area contributed by atoms with Crippen LogP contribution in [0.2, 0.25) is 0 Å². The fraction of sp³-hybridized carbons (Fsp3) is 0.269. The largest absolute Gasteiger partial charge is 0.497 e. The number of carbonyl (C=O) groups excluding carboxylic acids is 1. The fourth-order valence-electron chi connectivity index (χ4n) is 3.16. The maximum Gasteiger partial charge on any atom is 0.261 e. The highest BCUT2D eigenvalue weighted by molar-refractivity contribution is 6.06. The Kier molecular flexibility index (Phi) is 6.95. The van der Waals surface area contributed by atoms with Gasteiger partial charge in [0.15, 0.2) is 0 Å². The third kappa shape index (κ3) is 6.07. The van der Waals surface area contributed by atoms with E-state index in [1.165, 1.54) is 19.2 Å². The number of ether oxygens (including phenoxy) is 2. The number of carbonyl (C=O) groups is 1. The van der Waals surface area contributed by atoms with Gasteiger partial charge in [0.1, 0.15) is 23.9 Å². The van der Waals surface area contributed by atoms with E-state index in [9.17, 15) is 9.18 Å². The molecule has 4 nitrogen and oxygen atoms in total. The quantitative estimate of drug-likeness (QED) is 0.462. The molecule has 162 valence electrons. The molecular formula is C26H28FNO3. The molecule has 0 aliphatic heterocycles. The molecule has 0 saturated heterocycles. The van der Waals surface area contributed by atoms with Gasteiger partial charge in [0.05, 0.1) is 12.7 Å². The van der Waals surface area contributed by atoms with Crippen molar-refractivity contribution < 1.29 is 18.7 Å². The van der Waals surface area contributed by atoms with E-state index < -0.39 is 11.7 Å². The van der Waals surface area contributed by atoms with E-state index in [4.69, 9.17) is 9.47 Å². The van der Waals surface area contributed by atoms with Gasteiger partial charge in [-0.25, -0.2) is 4.39 Å². The third-order valence-electron chi connectivity index (χ3n) is 4.68. The van der Waals surface area contributed by atoms with Crippen LogP contribution in [-0.2, 0) is 6.61 Å². The summed E-state index contributed by atoms with van der Waals surface area (Å²) in [6.07, 6.45) is 0. The zero-order valence-corrected chi connectivity index (χ0v) is 18.4. The maximum absolute atomic E-state index is 14.6. The Morgan fingerprint density at radius 2 is 1.58 bits per heavy atom. The summed E-state index contributed by atoms with van der Waals surface area (Å²) < 4.78 is 25.5. The zero-order chi connectivity index (χ0) is 22.4. The van der Waals surface area contributed by atoms with Gasteiger partial charge in [-0.2, -0.15) is 0 Å². The van der Waals surface area contributed by atoms with Crippen molar-refractivity contribution in [2.45, 2.75) is 27.4 Å². The van der Waals surface area contributed by atoms with Gasteiger partial charge in [-0.3, -0.25) is 4.79 Å². The van der Waals surface area contributed by atoms with Crippen molar-refractivity contribution in [2.24, 2.45) is 5.41 Å². The van der Waals surface area contributed by atoms with Crippen LogP contribution >= 0.6 is 0 Å². The van der Waals surface area contributed by atoms with E-state index in [0.717, 1.165) is 5.56 Å². The average Bonchev–Trinajstić information content (AvgIpc) is 2.76. The molecule has 0 unspecified atom stereocenters. The molecule has 3 aromatic rings. The number of halogens is 1. The fourth-order valence-corrected chi connectivity index (χ4v) is 3.16. The molecule has 0 radical (unpaired) electrons. The van der Waals surface area contributed by atoms with Gasteiger partial charge in [0.2, 0.25) is 0 Å².